The van der Waals surface area contributed by atoms with Crippen molar-refractivity contribution in [3.05, 3.63) is 57.3 Å². The minimum atomic E-state index is -1.08. The van der Waals surface area contributed by atoms with Crippen molar-refractivity contribution in [3.8, 4) is 0 Å². The van der Waals surface area contributed by atoms with Crippen LogP contribution in [0.1, 0.15) is 21.6 Å². The number of nitrogens with zero attached hydrogens (tertiary/aromatic N) is 1. The first-order chi connectivity index (χ1) is 8.99. The molecule has 0 saturated heterocycles. The second kappa shape index (κ2) is 5.47. The van der Waals surface area contributed by atoms with Crippen molar-refractivity contribution in [2.75, 3.05) is 5.73 Å². The molecule has 1 heterocycles. The molecule has 0 bridgehead atoms. The number of carbonyl (C=O) groups is 1. The second-order valence-corrected chi connectivity index (χ2v) is 4.79. The third-order valence-corrected chi connectivity index (χ3v) is 3.21. The van der Waals surface area contributed by atoms with Gasteiger partial charge < -0.3 is 10.8 Å². The highest BCUT2D eigenvalue weighted by Gasteiger charge is 2.14. The molecule has 0 fully saturated rings. The topological polar surface area (TPSA) is 76.2 Å². The van der Waals surface area contributed by atoms with E-state index in [0.717, 1.165) is 0 Å². The Morgan fingerprint density at radius 1 is 1.37 bits per heavy atom. The van der Waals surface area contributed by atoms with E-state index in [4.69, 9.17) is 34.0 Å². The first-order valence-electron chi connectivity index (χ1n) is 5.39. The van der Waals surface area contributed by atoms with Crippen LogP contribution in [0.25, 0.3) is 0 Å². The van der Waals surface area contributed by atoms with E-state index in [1.165, 1.54) is 6.20 Å². The Kier molecular flexibility index (Phi) is 3.93. The van der Waals surface area contributed by atoms with Gasteiger partial charge in [-0.3, -0.25) is 0 Å². The molecule has 19 heavy (non-hydrogen) atoms. The van der Waals surface area contributed by atoms with E-state index in [-0.39, 0.29) is 12.1 Å². The molecule has 1 aromatic heterocycles. The molecule has 98 valence electrons. The molecule has 0 atom stereocenters. The maximum atomic E-state index is 11.1. The van der Waals surface area contributed by atoms with Gasteiger partial charge >= 0.3 is 5.97 Å². The summed E-state index contributed by atoms with van der Waals surface area (Å²) in [5.41, 5.74) is 7.47. The maximum Gasteiger partial charge on any atom is 0.354 e. The lowest BCUT2D eigenvalue weighted by Crippen LogP contribution is -2.07. The van der Waals surface area contributed by atoms with E-state index in [1.54, 1.807) is 24.3 Å². The number of aromatic nitrogens is 1. The zero-order valence-corrected chi connectivity index (χ0v) is 11.2. The molecule has 3 N–H and O–H groups in total. The predicted octanol–water partition coefficient (Wildman–Crippen LogP) is 3.26. The summed E-state index contributed by atoms with van der Waals surface area (Å²) in [6.45, 7) is 0. The van der Waals surface area contributed by atoms with Crippen molar-refractivity contribution in [2.24, 2.45) is 0 Å². The van der Waals surface area contributed by atoms with Crippen LogP contribution >= 0.6 is 23.2 Å². The highest BCUT2D eigenvalue weighted by Crippen LogP contribution is 2.29. The fourth-order valence-electron chi connectivity index (χ4n) is 1.77. The smallest absolute Gasteiger partial charge is 0.354 e. The quantitative estimate of drug-likeness (QED) is 0.853. The van der Waals surface area contributed by atoms with Crippen LogP contribution in [-0.4, -0.2) is 16.1 Å². The average Bonchev–Trinajstić information content (AvgIpc) is 2.34. The van der Waals surface area contributed by atoms with E-state index >= 15 is 0 Å². The largest absolute Gasteiger partial charge is 0.477 e. The number of hydrogen-bond donors (Lipinski definition) is 2. The molecule has 1 aromatic carbocycles. The standard InChI is InChI=1S/C13H10Cl2N2O2/c14-8-5-10(15)9(11(16)6-8)4-7-2-1-3-17-12(7)13(18)19/h1-3,5-6H,4,16H2,(H,18,19). The highest BCUT2D eigenvalue weighted by molar-refractivity contribution is 6.35. The van der Waals surface area contributed by atoms with Gasteiger partial charge in [-0.05, 0) is 29.3 Å². The molecule has 0 amide bonds. The van der Waals surface area contributed by atoms with Crippen LogP contribution in [0.2, 0.25) is 10.0 Å². The lowest BCUT2D eigenvalue weighted by atomic mass is 10.0. The Morgan fingerprint density at radius 2 is 2.11 bits per heavy atom. The molecule has 6 heteroatoms. The van der Waals surface area contributed by atoms with Crippen LogP contribution < -0.4 is 5.73 Å². The van der Waals surface area contributed by atoms with Gasteiger partial charge in [-0.1, -0.05) is 29.3 Å². The third kappa shape index (κ3) is 2.97. The van der Waals surface area contributed by atoms with Crippen molar-refractivity contribution >= 4 is 34.9 Å². The number of pyridine rings is 1. The Morgan fingerprint density at radius 3 is 2.74 bits per heavy atom. The maximum absolute atomic E-state index is 11.1. The third-order valence-electron chi connectivity index (χ3n) is 2.66. The van der Waals surface area contributed by atoms with Crippen molar-refractivity contribution in [1.29, 1.82) is 0 Å². The summed E-state index contributed by atoms with van der Waals surface area (Å²) < 4.78 is 0. The van der Waals surface area contributed by atoms with Gasteiger partial charge in [0.1, 0.15) is 0 Å². The fourth-order valence-corrected chi connectivity index (χ4v) is 2.35. The molecule has 0 aliphatic rings. The monoisotopic (exact) mass is 296 g/mol. The zero-order valence-electron chi connectivity index (χ0n) is 9.73. The van der Waals surface area contributed by atoms with E-state index in [9.17, 15) is 4.79 Å². The van der Waals surface area contributed by atoms with Crippen LogP contribution in [0, 0.1) is 0 Å². The SMILES string of the molecule is Nc1cc(Cl)cc(Cl)c1Cc1cccnc1C(=O)O. The molecule has 0 aliphatic carbocycles. The number of nitrogen functional groups attached to an aromatic ring is 1. The Hall–Kier alpha value is -1.78. The number of hydrogen-bond acceptors (Lipinski definition) is 3. The minimum absolute atomic E-state index is 0.00656. The Balaban J connectivity index is 2.45. The van der Waals surface area contributed by atoms with Gasteiger partial charge in [0.25, 0.3) is 0 Å². The summed E-state index contributed by atoms with van der Waals surface area (Å²) in [4.78, 5) is 14.9. The van der Waals surface area contributed by atoms with Gasteiger partial charge in [-0.25, -0.2) is 9.78 Å². The molecule has 2 rings (SSSR count). The summed E-state index contributed by atoms with van der Waals surface area (Å²) in [6.07, 6.45) is 1.72. The molecular formula is C13H10Cl2N2O2. The average molecular weight is 297 g/mol. The summed E-state index contributed by atoms with van der Waals surface area (Å²) in [5.74, 6) is -1.08. The zero-order chi connectivity index (χ0) is 14.0. The molecule has 0 unspecified atom stereocenters. The molecule has 0 spiro atoms. The van der Waals surface area contributed by atoms with Crippen molar-refractivity contribution in [1.82, 2.24) is 4.98 Å². The molecule has 2 aromatic rings. The highest BCUT2D eigenvalue weighted by atomic mass is 35.5. The summed E-state index contributed by atoms with van der Waals surface area (Å²) in [7, 11) is 0. The van der Waals surface area contributed by atoms with Gasteiger partial charge in [0.15, 0.2) is 5.69 Å². The number of carboxylic acids is 1. The van der Waals surface area contributed by atoms with Gasteiger partial charge in [0.05, 0.1) is 0 Å². The molecule has 0 radical (unpaired) electrons. The molecule has 0 saturated carbocycles. The van der Waals surface area contributed by atoms with E-state index in [0.29, 0.717) is 26.9 Å². The van der Waals surface area contributed by atoms with Crippen LogP contribution in [0.4, 0.5) is 5.69 Å². The Bertz CT molecular complexity index is 621. The normalized spacial score (nSPS) is 10.4. The Labute approximate surface area is 119 Å². The first-order valence-corrected chi connectivity index (χ1v) is 6.15. The summed E-state index contributed by atoms with van der Waals surface area (Å²) in [5, 5.41) is 9.93. The second-order valence-electron chi connectivity index (χ2n) is 3.95. The number of benzene rings is 1. The van der Waals surface area contributed by atoms with Crippen molar-refractivity contribution in [3.63, 3.8) is 0 Å². The number of nitrogens with two attached hydrogens (primary N) is 1. The van der Waals surface area contributed by atoms with E-state index in [1.807, 2.05) is 0 Å². The van der Waals surface area contributed by atoms with Gasteiger partial charge in [0, 0.05) is 28.4 Å². The predicted molar refractivity (Wildman–Crippen MR) is 74.9 cm³/mol. The minimum Gasteiger partial charge on any atom is -0.477 e. The summed E-state index contributed by atoms with van der Waals surface area (Å²) in [6, 6.07) is 6.51. The summed E-state index contributed by atoms with van der Waals surface area (Å²) >= 11 is 11.9. The van der Waals surface area contributed by atoms with Crippen molar-refractivity contribution < 1.29 is 9.90 Å². The van der Waals surface area contributed by atoms with E-state index in [2.05, 4.69) is 4.98 Å². The lowest BCUT2D eigenvalue weighted by molar-refractivity contribution is 0.0689. The van der Waals surface area contributed by atoms with Crippen LogP contribution in [-0.2, 0) is 6.42 Å². The fraction of sp³-hybridized carbons (Fsp3) is 0.0769. The number of carboxylic acid groups (broad SMARTS) is 1. The van der Waals surface area contributed by atoms with Gasteiger partial charge in [-0.15, -0.1) is 0 Å². The van der Waals surface area contributed by atoms with Gasteiger partial charge in [0.2, 0.25) is 0 Å². The van der Waals surface area contributed by atoms with Crippen molar-refractivity contribution in [2.45, 2.75) is 6.42 Å². The molecule has 4 nitrogen and oxygen atoms in total. The number of rotatable bonds is 3. The number of aromatic carboxylic acids is 1. The molecule has 0 aliphatic heterocycles. The van der Waals surface area contributed by atoms with Gasteiger partial charge in [-0.2, -0.15) is 0 Å². The van der Waals surface area contributed by atoms with E-state index < -0.39 is 5.97 Å². The number of anilines is 1. The van der Waals surface area contributed by atoms with Crippen LogP contribution in [0.15, 0.2) is 30.5 Å². The number of halogens is 2. The van der Waals surface area contributed by atoms with Crippen LogP contribution in [0.5, 0.6) is 0 Å². The van der Waals surface area contributed by atoms with Crippen LogP contribution in [0.3, 0.4) is 0 Å². The lowest BCUT2D eigenvalue weighted by Gasteiger charge is -2.10. The first kappa shape index (κ1) is 13.6. The molecular weight excluding hydrogens is 287 g/mol.